The molecule has 0 bridgehead atoms. The highest BCUT2D eigenvalue weighted by Crippen LogP contribution is 2.48. The third kappa shape index (κ3) is 4.45. The number of hydrogen-bond acceptors (Lipinski definition) is 4. The van der Waals surface area contributed by atoms with Crippen molar-refractivity contribution < 1.29 is 19.1 Å². The quantitative estimate of drug-likeness (QED) is 0.788. The van der Waals surface area contributed by atoms with Crippen LogP contribution in [0.5, 0.6) is 5.75 Å². The molecular formula is C23H25N3O4. The van der Waals surface area contributed by atoms with Gasteiger partial charge in [0.25, 0.3) is 5.91 Å². The van der Waals surface area contributed by atoms with E-state index in [9.17, 15) is 14.4 Å². The maximum absolute atomic E-state index is 12.8. The number of piperazine rings is 1. The van der Waals surface area contributed by atoms with Crippen LogP contribution in [0.2, 0.25) is 0 Å². The largest absolute Gasteiger partial charge is 0.484 e. The summed E-state index contributed by atoms with van der Waals surface area (Å²) in [5.41, 5.74) is 6.82. The highest BCUT2D eigenvalue weighted by atomic mass is 16.5. The van der Waals surface area contributed by atoms with Crippen molar-refractivity contribution in [2.75, 3.05) is 32.8 Å². The fraction of sp³-hybridized carbons (Fsp3) is 0.348. The lowest BCUT2D eigenvalue weighted by atomic mass is 10.1. The van der Waals surface area contributed by atoms with Crippen molar-refractivity contribution in [1.29, 1.82) is 0 Å². The monoisotopic (exact) mass is 407 g/mol. The fourth-order valence-electron chi connectivity index (χ4n) is 3.90. The van der Waals surface area contributed by atoms with E-state index in [1.54, 1.807) is 29.2 Å². The molecule has 0 spiro atoms. The Labute approximate surface area is 175 Å². The second-order valence-corrected chi connectivity index (χ2v) is 7.74. The molecule has 0 aromatic heterocycles. The van der Waals surface area contributed by atoms with Gasteiger partial charge in [-0.1, -0.05) is 30.3 Å². The van der Waals surface area contributed by atoms with Crippen molar-refractivity contribution in [1.82, 2.24) is 9.80 Å². The Balaban J connectivity index is 1.22. The first-order valence-electron chi connectivity index (χ1n) is 10.2. The van der Waals surface area contributed by atoms with E-state index < -0.39 is 5.91 Å². The smallest absolute Gasteiger partial charge is 0.260 e. The second kappa shape index (κ2) is 8.57. The van der Waals surface area contributed by atoms with Crippen LogP contribution < -0.4 is 10.5 Å². The summed E-state index contributed by atoms with van der Waals surface area (Å²) in [6.45, 7) is 2.04. The molecule has 1 aliphatic carbocycles. The van der Waals surface area contributed by atoms with Crippen LogP contribution in [0.4, 0.5) is 0 Å². The van der Waals surface area contributed by atoms with Crippen LogP contribution in [0.25, 0.3) is 0 Å². The molecule has 2 aliphatic rings. The number of ether oxygens (including phenoxy) is 1. The van der Waals surface area contributed by atoms with E-state index in [4.69, 9.17) is 10.5 Å². The molecule has 2 N–H and O–H groups in total. The molecule has 7 nitrogen and oxygen atoms in total. The lowest BCUT2D eigenvalue weighted by molar-refractivity contribution is -0.141. The lowest BCUT2D eigenvalue weighted by Gasteiger charge is -2.35. The predicted molar refractivity (Wildman–Crippen MR) is 111 cm³/mol. The predicted octanol–water partition coefficient (Wildman–Crippen LogP) is 1.64. The van der Waals surface area contributed by atoms with Gasteiger partial charge in [0.15, 0.2) is 6.61 Å². The molecule has 1 saturated carbocycles. The van der Waals surface area contributed by atoms with Gasteiger partial charge in [-0.2, -0.15) is 0 Å². The zero-order chi connectivity index (χ0) is 21.1. The van der Waals surface area contributed by atoms with Crippen LogP contribution in [-0.2, 0) is 9.59 Å². The van der Waals surface area contributed by atoms with Crippen LogP contribution in [0.1, 0.15) is 28.3 Å². The van der Waals surface area contributed by atoms with E-state index in [0.717, 1.165) is 6.42 Å². The summed E-state index contributed by atoms with van der Waals surface area (Å²) in [7, 11) is 0. The molecule has 0 unspecified atom stereocenters. The third-order valence-electron chi connectivity index (χ3n) is 5.78. The first-order chi connectivity index (χ1) is 14.5. The molecule has 3 amide bonds. The van der Waals surface area contributed by atoms with Crippen molar-refractivity contribution in [2.45, 2.75) is 12.3 Å². The van der Waals surface area contributed by atoms with Gasteiger partial charge in [0.1, 0.15) is 5.75 Å². The maximum atomic E-state index is 12.8. The van der Waals surface area contributed by atoms with Crippen molar-refractivity contribution >= 4 is 17.7 Å². The minimum absolute atomic E-state index is 0.0707. The summed E-state index contributed by atoms with van der Waals surface area (Å²) in [4.78, 5) is 39.9. The first-order valence-corrected chi connectivity index (χ1v) is 10.2. The average Bonchev–Trinajstić information content (AvgIpc) is 3.59. The molecule has 1 aliphatic heterocycles. The normalized spacial score (nSPS) is 20.5. The minimum Gasteiger partial charge on any atom is -0.484 e. The number of benzene rings is 2. The van der Waals surface area contributed by atoms with Gasteiger partial charge in [0.2, 0.25) is 11.8 Å². The van der Waals surface area contributed by atoms with Gasteiger partial charge in [-0.3, -0.25) is 14.4 Å². The van der Waals surface area contributed by atoms with Gasteiger partial charge in [0, 0.05) is 37.7 Å². The van der Waals surface area contributed by atoms with E-state index in [0.29, 0.717) is 43.4 Å². The Morgan fingerprint density at radius 1 is 0.900 bits per heavy atom. The van der Waals surface area contributed by atoms with Gasteiger partial charge in [-0.05, 0) is 42.2 Å². The van der Waals surface area contributed by atoms with E-state index in [-0.39, 0.29) is 24.3 Å². The van der Waals surface area contributed by atoms with Crippen LogP contribution in [-0.4, -0.2) is 60.3 Å². The Bertz CT molecular complexity index is 921. The van der Waals surface area contributed by atoms with Gasteiger partial charge >= 0.3 is 0 Å². The highest BCUT2D eigenvalue weighted by Gasteiger charge is 2.46. The fourth-order valence-corrected chi connectivity index (χ4v) is 3.90. The van der Waals surface area contributed by atoms with Crippen molar-refractivity contribution in [3.63, 3.8) is 0 Å². The van der Waals surface area contributed by atoms with Gasteiger partial charge in [-0.25, -0.2) is 0 Å². The van der Waals surface area contributed by atoms with Crippen molar-refractivity contribution in [3.8, 4) is 5.75 Å². The SMILES string of the molecule is NC(=O)c1ccc(OCC(=O)N2CCN(C(=O)[C@@H]3C[C@H]3c3ccccc3)CC2)cc1. The van der Waals surface area contributed by atoms with Crippen LogP contribution in [0.15, 0.2) is 54.6 Å². The molecule has 1 saturated heterocycles. The number of amides is 3. The van der Waals surface area contributed by atoms with Crippen molar-refractivity contribution in [2.24, 2.45) is 11.7 Å². The summed E-state index contributed by atoms with van der Waals surface area (Å²) < 4.78 is 5.52. The van der Waals surface area contributed by atoms with Gasteiger partial charge in [-0.15, -0.1) is 0 Å². The standard InChI is InChI=1S/C23H25N3O4/c24-22(28)17-6-8-18(9-7-17)30-15-21(27)25-10-12-26(13-11-25)23(29)20-14-19(20)16-4-2-1-3-5-16/h1-9,19-20H,10-15H2,(H2,24,28)/t19-,20+/m0/s1. The number of rotatable bonds is 6. The third-order valence-corrected chi connectivity index (χ3v) is 5.78. The molecule has 30 heavy (non-hydrogen) atoms. The Morgan fingerprint density at radius 3 is 2.17 bits per heavy atom. The zero-order valence-corrected chi connectivity index (χ0v) is 16.7. The van der Waals surface area contributed by atoms with Crippen LogP contribution in [0, 0.1) is 5.92 Å². The summed E-state index contributed by atoms with van der Waals surface area (Å²) in [5.74, 6) is 0.472. The number of hydrogen-bond donors (Lipinski definition) is 1. The van der Waals surface area contributed by atoms with Crippen molar-refractivity contribution in [3.05, 3.63) is 65.7 Å². The lowest BCUT2D eigenvalue weighted by Crippen LogP contribution is -2.52. The molecule has 2 aromatic rings. The second-order valence-electron chi connectivity index (χ2n) is 7.74. The maximum Gasteiger partial charge on any atom is 0.260 e. The molecule has 2 aromatic carbocycles. The highest BCUT2D eigenvalue weighted by molar-refractivity contribution is 5.92. The van der Waals surface area contributed by atoms with Gasteiger partial charge in [0.05, 0.1) is 0 Å². The number of nitrogens with two attached hydrogens (primary N) is 1. The number of primary amides is 1. The molecule has 4 rings (SSSR count). The number of nitrogens with zero attached hydrogens (tertiary/aromatic N) is 2. The van der Waals surface area contributed by atoms with Crippen LogP contribution in [0.3, 0.4) is 0 Å². The molecule has 2 atom stereocenters. The number of carbonyl (C=O) groups excluding carboxylic acids is 3. The summed E-state index contributed by atoms with van der Waals surface area (Å²) in [5, 5.41) is 0. The zero-order valence-electron chi connectivity index (χ0n) is 16.7. The molecule has 7 heteroatoms. The van der Waals surface area contributed by atoms with E-state index in [1.165, 1.54) is 5.56 Å². The van der Waals surface area contributed by atoms with E-state index in [1.807, 2.05) is 23.1 Å². The molecule has 2 fully saturated rings. The molecule has 1 heterocycles. The summed E-state index contributed by atoms with van der Waals surface area (Å²) in [6.07, 6.45) is 0.907. The first kappa shape index (κ1) is 19.9. The minimum atomic E-state index is -0.508. The van der Waals surface area contributed by atoms with E-state index >= 15 is 0 Å². The van der Waals surface area contributed by atoms with E-state index in [2.05, 4.69) is 12.1 Å². The molecule has 156 valence electrons. The topological polar surface area (TPSA) is 92.9 Å². The number of carbonyl (C=O) groups is 3. The average molecular weight is 407 g/mol. The Kier molecular flexibility index (Phi) is 5.70. The van der Waals surface area contributed by atoms with Gasteiger partial charge < -0.3 is 20.3 Å². The Hall–Kier alpha value is -3.35. The summed E-state index contributed by atoms with van der Waals surface area (Å²) >= 11 is 0. The summed E-state index contributed by atoms with van der Waals surface area (Å²) in [6, 6.07) is 16.5. The molecule has 0 radical (unpaired) electrons. The molecular weight excluding hydrogens is 382 g/mol. The Morgan fingerprint density at radius 2 is 1.53 bits per heavy atom. The van der Waals surface area contributed by atoms with Crippen LogP contribution >= 0.6 is 0 Å².